The minimum absolute atomic E-state index is 0.0692. The Morgan fingerprint density at radius 1 is 1.29 bits per heavy atom. The first-order chi connectivity index (χ1) is 13.5. The van der Waals surface area contributed by atoms with E-state index in [1.165, 1.54) is 37.8 Å². The average molecular weight is 404 g/mol. The fraction of sp³-hybridized carbons (Fsp3) is 0.444. The van der Waals surface area contributed by atoms with Gasteiger partial charge in [0, 0.05) is 24.1 Å². The number of non-ortho nitro benzene ring substituents is 1. The lowest BCUT2D eigenvalue weighted by Crippen LogP contribution is -3.27. The number of aromatic nitrogens is 3. The van der Waals surface area contributed by atoms with E-state index in [4.69, 9.17) is 0 Å². The van der Waals surface area contributed by atoms with Gasteiger partial charge in [-0.05, 0) is 12.1 Å². The molecular formula is C18H24N6O3S+2. The Bertz CT molecular complexity index is 991. The van der Waals surface area contributed by atoms with E-state index < -0.39 is 4.92 Å². The maximum absolute atomic E-state index is 11.0. The summed E-state index contributed by atoms with van der Waals surface area (Å²) in [6.45, 7) is 5.98. The summed E-state index contributed by atoms with van der Waals surface area (Å²) in [5.41, 5.74) is 1.02. The number of quaternary nitrogens is 2. The highest BCUT2D eigenvalue weighted by molar-refractivity contribution is 7.17. The van der Waals surface area contributed by atoms with E-state index in [0.717, 1.165) is 36.6 Å². The highest BCUT2D eigenvalue weighted by Crippen LogP contribution is 2.35. The largest absolute Gasteiger partial charge is 0.492 e. The summed E-state index contributed by atoms with van der Waals surface area (Å²) in [6.07, 6.45) is 0.710. The summed E-state index contributed by atoms with van der Waals surface area (Å²) in [7, 11) is 2.19. The zero-order chi connectivity index (χ0) is 19.8. The Hall–Kier alpha value is -2.56. The van der Waals surface area contributed by atoms with Gasteiger partial charge in [-0.1, -0.05) is 18.3 Å². The van der Waals surface area contributed by atoms with Gasteiger partial charge in [0.25, 0.3) is 5.69 Å². The number of fused-ring (bicyclic) bond motifs is 1. The molecule has 2 aromatic heterocycles. The van der Waals surface area contributed by atoms with Crippen molar-refractivity contribution in [3.05, 3.63) is 50.6 Å². The summed E-state index contributed by atoms with van der Waals surface area (Å²) < 4.78 is 1.51. The molecular weight excluding hydrogens is 380 g/mol. The number of thiazole rings is 1. The SMILES string of the molecule is CCc1nc2sc([C@H](c3ccc([N+](=O)[O-])cc3)[NH+]3CC[NH+](C)CC3)c(O)n2n1. The lowest BCUT2D eigenvalue weighted by molar-refractivity contribution is -1.02. The van der Waals surface area contributed by atoms with Crippen LogP contribution in [0.4, 0.5) is 5.69 Å². The van der Waals surface area contributed by atoms with Gasteiger partial charge in [0.15, 0.2) is 11.9 Å². The second kappa shape index (κ2) is 7.46. The van der Waals surface area contributed by atoms with Gasteiger partial charge in [-0.25, -0.2) is 4.98 Å². The first kappa shape index (κ1) is 18.8. The summed E-state index contributed by atoms with van der Waals surface area (Å²) in [5, 5.41) is 26.3. The maximum Gasteiger partial charge on any atom is 0.269 e. The van der Waals surface area contributed by atoms with Gasteiger partial charge in [0.1, 0.15) is 31.1 Å². The number of piperazine rings is 1. The van der Waals surface area contributed by atoms with Gasteiger partial charge in [-0.2, -0.15) is 4.52 Å². The third kappa shape index (κ3) is 3.34. The van der Waals surface area contributed by atoms with Crippen molar-refractivity contribution in [1.82, 2.24) is 14.6 Å². The van der Waals surface area contributed by atoms with Crippen molar-refractivity contribution in [2.75, 3.05) is 33.2 Å². The molecule has 1 aliphatic heterocycles. The number of nitrogens with zero attached hydrogens (tertiary/aromatic N) is 4. The normalized spacial score (nSPS) is 21.1. The number of benzene rings is 1. The van der Waals surface area contributed by atoms with Crippen molar-refractivity contribution in [2.24, 2.45) is 0 Å². The van der Waals surface area contributed by atoms with E-state index in [1.807, 2.05) is 6.92 Å². The fourth-order valence-electron chi connectivity index (χ4n) is 3.78. The van der Waals surface area contributed by atoms with Crippen LogP contribution in [0.25, 0.3) is 4.96 Å². The summed E-state index contributed by atoms with van der Waals surface area (Å²) >= 11 is 1.45. The summed E-state index contributed by atoms with van der Waals surface area (Å²) in [4.78, 5) is 19.4. The van der Waals surface area contributed by atoms with Crippen LogP contribution in [0.2, 0.25) is 0 Å². The molecule has 0 spiro atoms. The predicted molar refractivity (Wildman–Crippen MR) is 104 cm³/mol. The molecule has 0 amide bonds. The standard InChI is InChI=1S/C18H22N6O3S/c1-3-14-19-18-23(20-14)17(25)16(28-18)15(22-10-8-21(2)9-11-22)12-4-6-13(7-5-12)24(26)27/h4-7,15,25H,3,8-11H2,1-2H3/p+2/t15-/m0/s1. The molecule has 4 rings (SSSR count). The Morgan fingerprint density at radius 3 is 2.54 bits per heavy atom. The molecule has 28 heavy (non-hydrogen) atoms. The minimum Gasteiger partial charge on any atom is -0.492 e. The highest BCUT2D eigenvalue weighted by Gasteiger charge is 2.35. The molecule has 1 aliphatic rings. The van der Waals surface area contributed by atoms with Gasteiger partial charge in [-0.15, -0.1) is 5.10 Å². The molecule has 0 unspecified atom stereocenters. The molecule has 0 aliphatic carbocycles. The molecule has 1 atom stereocenters. The highest BCUT2D eigenvalue weighted by atomic mass is 32.1. The van der Waals surface area contributed by atoms with Crippen molar-refractivity contribution in [1.29, 1.82) is 0 Å². The third-order valence-electron chi connectivity index (χ3n) is 5.41. The average Bonchev–Trinajstić information content (AvgIpc) is 3.23. The van der Waals surface area contributed by atoms with Crippen molar-refractivity contribution < 1.29 is 19.8 Å². The molecule has 0 saturated carbocycles. The van der Waals surface area contributed by atoms with Gasteiger partial charge in [-0.3, -0.25) is 10.1 Å². The fourth-order valence-corrected chi connectivity index (χ4v) is 4.94. The number of rotatable bonds is 5. The first-order valence-corrected chi connectivity index (χ1v) is 10.3. The third-order valence-corrected chi connectivity index (χ3v) is 6.50. The molecule has 1 aromatic carbocycles. The van der Waals surface area contributed by atoms with Crippen LogP contribution in [-0.2, 0) is 6.42 Å². The van der Waals surface area contributed by atoms with Gasteiger partial charge < -0.3 is 14.9 Å². The monoisotopic (exact) mass is 404 g/mol. The number of nitro groups is 1. The molecule has 0 bridgehead atoms. The van der Waals surface area contributed by atoms with E-state index in [-0.39, 0.29) is 17.6 Å². The van der Waals surface area contributed by atoms with Crippen LogP contribution in [0.5, 0.6) is 5.88 Å². The molecule has 10 heteroatoms. The molecule has 3 heterocycles. The summed E-state index contributed by atoms with van der Waals surface area (Å²) in [5.74, 6) is 0.824. The smallest absolute Gasteiger partial charge is 0.269 e. The molecule has 1 saturated heterocycles. The molecule has 0 radical (unpaired) electrons. The number of nitro benzene ring substituents is 1. The van der Waals surface area contributed by atoms with Crippen LogP contribution >= 0.6 is 11.3 Å². The predicted octanol–water partition coefficient (Wildman–Crippen LogP) is -0.530. The Morgan fingerprint density at radius 2 is 1.96 bits per heavy atom. The van der Waals surface area contributed by atoms with Crippen LogP contribution in [-0.4, -0.2) is 57.9 Å². The lowest BCUT2D eigenvalue weighted by Gasteiger charge is -2.33. The van der Waals surface area contributed by atoms with Crippen molar-refractivity contribution in [2.45, 2.75) is 19.4 Å². The van der Waals surface area contributed by atoms with E-state index in [1.54, 1.807) is 12.1 Å². The zero-order valence-electron chi connectivity index (χ0n) is 15.9. The molecule has 3 N–H and O–H groups in total. The number of hydrogen-bond acceptors (Lipinski definition) is 6. The van der Waals surface area contributed by atoms with Crippen LogP contribution < -0.4 is 9.80 Å². The van der Waals surface area contributed by atoms with Crippen LogP contribution in [0, 0.1) is 10.1 Å². The first-order valence-electron chi connectivity index (χ1n) is 9.45. The van der Waals surface area contributed by atoms with E-state index in [9.17, 15) is 15.2 Å². The second-order valence-corrected chi connectivity index (χ2v) is 8.27. The number of aryl methyl sites for hydroxylation is 1. The quantitative estimate of drug-likeness (QED) is 0.392. The maximum atomic E-state index is 11.0. The number of nitrogens with one attached hydrogen (secondary N) is 2. The number of aromatic hydroxyl groups is 1. The molecule has 9 nitrogen and oxygen atoms in total. The van der Waals surface area contributed by atoms with E-state index in [2.05, 4.69) is 17.1 Å². The van der Waals surface area contributed by atoms with E-state index >= 15 is 0 Å². The second-order valence-electron chi connectivity index (χ2n) is 7.26. The number of hydrogen-bond donors (Lipinski definition) is 3. The Balaban J connectivity index is 1.77. The minimum atomic E-state index is -0.391. The van der Waals surface area contributed by atoms with Gasteiger partial charge in [0.05, 0.1) is 12.0 Å². The molecule has 1 fully saturated rings. The van der Waals surface area contributed by atoms with Gasteiger partial charge >= 0.3 is 0 Å². The number of likely N-dealkylation sites (N-methyl/N-ethyl adjacent to an activating group) is 1. The van der Waals surface area contributed by atoms with Crippen molar-refractivity contribution >= 4 is 22.0 Å². The Kier molecular flexibility index (Phi) is 5.00. The van der Waals surface area contributed by atoms with Crippen molar-refractivity contribution in [3.8, 4) is 5.88 Å². The van der Waals surface area contributed by atoms with E-state index in [0.29, 0.717) is 17.2 Å². The lowest BCUT2D eigenvalue weighted by atomic mass is 10.0. The van der Waals surface area contributed by atoms with Crippen LogP contribution in [0.15, 0.2) is 24.3 Å². The van der Waals surface area contributed by atoms with Crippen LogP contribution in [0.1, 0.15) is 29.2 Å². The molecule has 3 aromatic rings. The zero-order valence-corrected chi connectivity index (χ0v) is 16.7. The van der Waals surface area contributed by atoms with Crippen LogP contribution in [0.3, 0.4) is 0 Å². The summed E-state index contributed by atoms with van der Waals surface area (Å²) in [6, 6.07) is 6.56. The topological polar surface area (TPSA) is 102 Å². The molecule has 148 valence electrons. The van der Waals surface area contributed by atoms with Crippen molar-refractivity contribution in [3.63, 3.8) is 0 Å². The Labute approximate surface area is 166 Å². The van der Waals surface area contributed by atoms with Gasteiger partial charge in [0.2, 0.25) is 10.8 Å².